The zero-order valence-electron chi connectivity index (χ0n) is 9.76. The highest BCUT2D eigenvalue weighted by atomic mass is 16.6. The highest BCUT2D eigenvalue weighted by Gasteiger charge is 2.14. The molecule has 0 fully saturated rings. The fourth-order valence-electron chi connectivity index (χ4n) is 1.74. The summed E-state index contributed by atoms with van der Waals surface area (Å²) in [4.78, 5) is 9.99. The van der Waals surface area contributed by atoms with E-state index in [2.05, 4.69) is 5.10 Å². The van der Waals surface area contributed by atoms with Crippen LogP contribution >= 0.6 is 0 Å². The second kappa shape index (κ2) is 4.41. The first-order chi connectivity index (χ1) is 9.24. The van der Waals surface area contributed by atoms with E-state index in [0.29, 0.717) is 11.5 Å². The molecule has 0 N–H and O–H groups in total. The summed E-state index contributed by atoms with van der Waals surface area (Å²) in [7, 11) is 0. The van der Waals surface area contributed by atoms with Gasteiger partial charge in [0.05, 0.1) is 11.8 Å². The molecule has 0 spiro atoms. The third kappa shape index (κ3) is 2.11. The zero-order chi connectivity index (χ0) is 13.2. The Hall–Kier alpha value is -2.89. The summed E-state index contributed by atoms with van der Waals surface area (Å²) in [6, 6.07) is 14.2. The number of nitro groups is 1. The van der Waals surface area contributed by atoms with E-state index in [4.69, 9.17) is 4.42 Å². The van der Waals surface area contributed by atoms with Crippen LogP contribution in [0, 0.1) is 10.1 Å². The maximum atomic E-state index is 10.6. The zero-order valence-corrected chi connectivity index (χ0v) is 9.76. The van der Waals surface area contributed by atoms with Crippen LogP contribution in [0.1, 0.15) is 0 Å². The highest BCUT2D eigenvalue weighted by molar-refractivity contribution is 5.53. The largest absolute Gasteiger partial charge is 0.433 e. The quantitative estimate of drug-likeness (QED) is 0.532. The molecule has 0 amide bonds. The molecular weight excluding hydrogens is 246 g/mol. The molecule has 0 saturated carbocycles. The number of nitrogens with zero attached hydrogens (tertiary/aromatic N) is 3. The fraction of sp³-hybridized carbons (Fsp3) is 0. The molecule has 0 aliphatic carbocycles. The normalized spacial score (nSPS) is 10.5. The second-order valence-electron chi connectivity index (χ2n) is 3.88. The van der Waals surface area contributed by atoms with Crippen molar-refractivity contribution >= 4 is 5.88 Å². The number of para-hydroxylation sites is 1. The lowest BCUT2D eigenvalue weighted by molar-refractivity contribution is -0.401. The van der Waals surface area contributed by atoms with Crippen LogP contribution < -0.4 is 0 Å². The van der Waals surface area contributed by atoms with Crippen molar-refractivity contribution in [2.75, 3.05) is 0 Å². The Morgan fingerprint density at radius 3 is 2.58 bits per heavy atom. The SMILES string of the molecule is O=[N+]([O-])c1ccc(-c2ccn(-c3ccccc3)n2)o1. The molecule has 3 aromatic rings. The summed E-state index contributed by atoms with van der Waals surface area (Å²) >= 11 is 0. The predicted octanol–water partition coefficient (Wildman–Crippen LogP) is 3.04. The van der Waals surface area contributed by atoms with Gasteiger partial charge >= 0.3 is 5.88 Å². The van der Waals surface area contributed by atoms with Gasteiger partial charge < -0.3 is 4.42 Å². The van der Waals surface area contributed by atoms with Gasteiger partial charge in [0, 0.05) is 6.20 Å². The van der Waals surface area contributed by atoms with Crippen molar-refractivity contribution in [1.29, 1.82) is 0 Å². The van der Waals surface area contributed by atoms with Crippen LogP contribution in [-0.4, -0.2) is 14.7 Å². The Bertz CT molecular complexity index is 716. The highest BCUT2D eigenvalue weighted by Crippen LogP contribution is 2.25. The van der Waals surface area contributed by atoms with E-state index in [-0.39, 0.29) is 5.88 Å². The summed E-state index contributed by atoms with van der Waals surface area (Å²) in [6.07, 6.45) is 1.78. The standard InChI is InChI=1S/C13H9N3O3/c17-16(18)13-7-6-12(19-13)11-8-9-15(14-11)10-4-2-1-3-5-10/h1-9H. The van der Waals surface area contributed by atoms with E-state index in [9.17, 15) is 10.1 Å². The van der Waals surface area contributed by atoms with E-state index < -0.39 is 4.92 Å². The van der Waals surface area contributed by atoms with Gasteiger partial charge in [-0.1, -0.05) is 18.2 Å². The van der Waals surface area contributed by atoms with Gasteiger partial charge in [-0.3, -0.25) is 10.1 Å². The summed E-state index contributed by atoms with van der Waals surface area (Å²) in [5.41, 5.74) is 1.46. The molecule has 6 nitrogen and oxygen atoms in total. The predicted molar refractivity (Wildman–Crippen MR) is 67.9 cm³/mol. The first-order valence-electron chi connectivity index (χ1n) is 5.60. The lowest BCUT2D eigenvalue weighted by Gasteiger charge is -1.98. The Balaban J connectivity index is 1.94. The number of rotatable bonds is 3. The van der Waals surface area contributed by atoms with Crippen LogP contribution in [0.15, 0.2) is 59.1 Å². The summed E-state index contributed by atoms with van der Waals surface area (Å²) in [5.74, 6) is 0.0886. The molecule has 0 saturated heterocycles. The van der Waals surface area contributed by atoms with Crippen molar-refractivity contribution in [3.8, 4) is 17.1 Å². The van der Waals surface area contributed by atoms with Gasteiger partial charge in [0.2, 0.25) is 0 Å². The maximum Gasteiger partial charge on any atom is 0.433 e. The Morgan fingerprint density at radius 1 is 1.11 bits per heavy atom. The van der Waals surface area contributed by atoms with Gasteiger partial charge in [-0.15, -0.1) is 0 Å². The van der Waals surface area contributed by atoms with Crippen LogP contribution in [0.25, 0.3) is 17.1 Å². The van der Waals surface area contributed by atoms with Crippen LogP contribution in [0.4, 0.5) is 5.88 Å². The van der Waals surface area contributed by atoms with Gasteiger partial charge in [-0.05, 0) is 24.3 Å². The molecule has 0 radical (unpaired) electrons. The Labute approximate surface area is 108 Å². The van der Waals surface area contributed by atoms with Crippen molar-refractivity contribution in [2.45, 2.75) is 0 Å². The molecule has 94 valence electrons. The summed E-state index contributed by atoms with van der Waals surface area (Å²) in [5, 5.41) is 14.9. The lowest BCUT2D eigenvalue weighted by atomic mass is 10.3. The van der Waals surface area contributed by atoms with Gasteiger partial charge in [0.15, 0.2) is 5.76 Å². The van der Waals surface area contributed by atoms with Crippen molar-refractivity contribution < 1.29 is 9.34 Å². The maximum absolute atomic E-state index is 10.6. The smallest absolute Gasteiger partial charge is 0.399 e. The minimum atomic E-state index is -0.572. The molecular formula is C13H9N3O3. The monoisotopic (exact) mass is 255 g/mol. The second-order valence-corrected chi connectivity index (χ2v) is 3.88. The molecule has 19 heavy (non-hydrogen) atoms. The van der Waals surface area contributed by atoms with E-state index in [1.165, 1.54) is 12.1 Å². The fourth-order valence-corrected chi connectivity index (χ4v) is 1.74. The van der Waals surface area contributed by atoms with Gasteiger partial charge in [0.25, 0.3) is 0 Å². The van der Waals surface area contributed by atoms with E-state index >= 15 is 0 Å². The number of hydrogen-bond acceptors (Lipinski definition) is 4. The van der Waals surface area contributed by atoms with Crippen molar-refractivity contribution in [2.24, 2.45) is 0 Å². The number of furan rings is 1. The average Bonchev–Trinajstić information content (AvgIpc) is 3.09. The number of aromatic nitrogens is 2. The minimum Gasteiger partial charge on any atom is -0.399 e. The molecule has 1 aromatic carbocycles. The van der Waals surface area contributed by atoms with E-state index in [1.807, 2.05) is 30.3 Å². The van der Waals surface area contributed by atoms with Crippen LogP contribution in [-0.2, 0) is 0 Å². The topological polar surface area (TPSA) is 74.1 Å². The van der Waals surface area contributed by atoms with Crippen LogP contribution in [0.2, 0.25) is 0 Å². The van der Waals surface area contributed by atoms with Gasteiger partial charge in [-0.25, -0.2) is 4.68 Å². The summed E-state index contributed by atoms with van der Waals surface area (Å²) < 4.78 is 6.79. The van der Waals surface area contributed by atoms with Crippen LogP contribution in [0.5, 0.6) is 0 Å². The Morgan fingerprint density at radius 2 is 1.89 bits per heavy atom. The molecule has 0 aliphatic heterocycles. The van der Waals surface area contributed by atoms with Gasteiger partial charge in [-0.2, -0.15) is 5.10 Å². The number of hydrogen-bond donors (Lipinski definition) is 0. The van der Waals surface area contributed by atoms with Crippen molar-refractivity contribution in [3.05, 3.63) is 64.8 Å². The first-order valence-corrected chi connectivity index (χ1v) is 5.60. The molecule has 3 rings (SSSR count). The third-order valence-corrected chi connectivity index (χ3v) is 2.63. The molecule has 0 aliphatic rings. The number of benzene rings is 1. The molecule has 0 unspecified atom stereocenters. The third-order valence-electron chi connectivity index (χ3n) is 2.63. The average molecular weight is 255 g/mol. The lowest BCUT2D eigenvalue weighted by Crippen LogP contribution is -1.93. The van der Waals surface area contributed by atoms with E-state index in [0.717, 1.165) is 5.69 Å². The Kier molecular flexibility index (Phi) is 2.60. The van der Waals surface area contributed by atoms with Crippen molar-refractivity contribution in [3.63, 3.8) is 0 Å². The van der Waals surface area contributed by atoms with Gasteiger partial charge in [0.1, 0.15) is 10.6 Å². The molecule has 6 heteroatoms. The van der Waals surface area contributed by atoms with Crippen LogP contribution in [0.3, 0.4) is 0 Å². The minimum absolute atomic E-state index is 0.288. The summed E-state index contributed by atoms with van der Waals surface area (Å²) in [6.45, 7) is 0. The van der Waals surface area contributed by atoms with Crippen molar-refractivity contribution in [1.82, 2.24) is 9.78 Å². The molecule has 0 atom stereocenters. The first kappa shape index (κ1) is 11.2. The molecule has 2 aromatic heterocycles. The van der Waals surface area contributed by atoms with E-state index in [1.54, 1.807) is 16.9 Å². The molecule has 0 bridgehead atoms. The molecule has 2 heterocycles.